The Labute approximate surface area is 109 Å². The van der Waals surface area contributed by atoms with Crippen LogP contribution in [0.15, 0.2) is 0 Å². The molecular formula is C11H23NO3S2. The van der Waals surface area contributed by atoms with Crippen molar-refractivity contribution in [2.45, 2.75) is 31.9 Å². The highest BCUT2D eigenvalue weighted by atomic mass is 32.2. The van der Waals surface area contributed by atoms with E-state index in [0.717, 1.165) is 24.5 Å². The van der Waals surface area contributed by atoms with Crippen LogP contribution < -0.4 is 5.32 Å². The summed E-state index contributed by atoms with van der Waals surface area (Å²) < 4.78 is 28.5. The van der Waals surface area contributed by atoms with E-state index in [1.54, 1.807) is 6.92 Å². The summed E-state index contributed by atoms with van der Waals surface area (Å²) >= 11 is 1.91. The summed E-state index contributed by atoms with van der Waals surface area (Å²) in [5.74, 6) is 2.61. The third-order valence-corrected chi connectivity index (χ3v) is 5.88. The minimum Gasteiger partial charge on any atom is -0.375 e. The molecule has 2 atom stereocenters. The van der Waals surface area contributed by atoms with Crippen molar-refractivity contribution in [3.8, 4) is 0 Å². The molecule has 0 radical (unpaired) electrons. The fraction of sp³-hybridized carbons (Fsp3) is 1.00. The maximum Gasteiger partial charge on any atom is 0.150 e. The van der Waals surface area contributed by atoms with Crippen LogP contribution in [-0.4, -0.2) is 57.2 Å². The van der Waals surface area contributed by atoms with Gasteiger partial charge in [0.2, 0.25) is 0 Å². The molecule has 0 aliphatic carbocycles. The molecule has 1 aliphatic rings. The fourth-order valence-corrected chi connectivity index (χ4v) is 3.76. The van der Waals surface area contributed by atoms with Gasteiger partial charge in [0.25, 0.3) is 0 Å². The lowest BCUT2D eigenvalue weighted by Crippen LogP contribution is -2.43. The fourth-order valence-electron chi connectivity index (χ4n) is 1.92. The highest BCUT2D eigenvalue weighted by Crippen LogP contribution is 2.18. The molecule has 1 rings (SSSR count). The van der Waals surface area contributed by atoms with Crippen LogP contribution in [-0.2, 0) is 14.6 Å². The monoisotopic (exact) mass is 281 g/mol. The van der Waals surface area contributed by atoms with Crippen LogP contribution in [0.5, 0.6) is 0 Å². The van der Waals surface area contributed by atoms with E-state index in [2.05, 4.69) is 5.32 Å². The molecule has 1 saturated heterocycles. The predicted octanol–water partition coefficient (Wildman–Crippen LogP) is 0.921. The maximum atomic E-state index is 11.4. The van der Waals surface area contributed by atoms with E-state index in [-0.39, 0.29) is 17.9 Å². The first-order valence-electron chi connectivity index (χ1n) is 6.16. The molecule has 0 saturated carbocycles. The van der Waals surface area contributed by atoms with Crippen LogP contribution in [0, 0.1) is 0 Å². The maximum absolute atomic E-state index is 11.4. The van der Waals surface area contributed by atoms with Gasteiger partial charge in [-0.15, -0.1) is 0 Å². The van der Waals surface area contributed by atoms with Crippen molar-refractivity contribution in [2.75, 3.05) is 36.7 Å². The number of likely N-dealkylation sites (N-methyl/N-ethyl adjacent to an activating group) is 1. The molecule has 0 amide bonds. The first kappa shape index (κ1) is 15.3. The quantitative estimate of drug-likeness (QED) is 0.752. The number of hydrogen-bond donors (Lipinski definition) is 1. The molecule has 1 N–H and O–H groups in total. The smallest absolute Gasteiger partial charge is 0.150 e. The zero-order valence-corrected chi connectivity index (χ0v) is 12.3. The standard InChI is InChI=1S/C11H23NO3S2/c1-3-17(13,14)8-4-5-10(12-2)11-9-16-7-6-15-11/h10-12H,3-9H2,1-2H3. The first-order chi connectivity index (χ1) is 8.09. The minimum atomic E-state index is -2.83. The Balaban J connectivity index is 2.31. The molecule has 6 heteroatoms. The second-order valence-electron chi connectivity index (χ2n) is 4.26. The van der Waals surface area contributed by atoms with Gasteiger partial charge in [0.1, 0.15) is 9.84 Å². The molecule has 1 fully saturated rings. The normalized spacial score (nSPS) is 23.5. The highest BCUT2D eigenvalue weighted by molar-refractivity contribution is 7.99. The van der Waals surface area contributed by atoms with Gasteiger partial charge in [0.15, 0.2) is 0 Å². The zero-order chi connectivity index (χ0) is 12.7. The molecule has 0 spiro atoms. The van der Waals surface area contributed by atoms with Gasteiger partial charge < -0.3 is 10.1 Å². The van der Waals surface area contributed by atoms with Gasteiger partial charge in [-0.1, -0.05) is 6.92 Å². The van der Waals surface area contributed by atoms with Crippen molar-refractivity contribution in [3.63, 3.8) is 0 Å². The van der Waals surface area contributed by atoms with Crippen molar-refractivity contribution >= 4 is 21.6 Å². The number of hydrogen-bond acceptors (Lipinski definition) is 5. The molecule has 0 aromatic carbocycles. The van der Waals surface area contributed by atoms with Gasteiger partial charge in [-0.25, -0.2) is 8.42 Å². The van der Waals surface area contributed by atoms with E-state index < -0.39 is 9.84 Å². The van der Waals surface area contributed by atoms with E-state index >= 15 is 0 Å². The molecule has 0 aromatic heterocycles. The molecule has 0 bridgehead atoms. The predicted molar refractivity (Wildman–Crippen MR) is 73.5 cm³/mol. The topological polar surface area (TPSA) is 55.4 Å². The first-order valence-corrected chi connectivity index (χ1v) is 9.13. The van der Waals surface area contributed by atoms with E-state index in [0.29, 0.717) is 12.2 Å². The minimum absolute atomic E-state index is 0.225. The van der Waals surface area contributed by atoms with Crippen molar-refractivity contribution < 1.29 is 13.2 Å². The number of ether oxygens (including phenoxy) is 1. The van der Waals surface area contributed by atoms with E-state index in [1.165, 1.54) is 0 Å². The summed E-state index contributed by atoms with van der Waals surface area (Å²) in [6.07, 6.45) is 1.80. The molecule has 102 valence electrons. The lowest BCUT2D eigenvalue weighted by atomic mass is 10.1. The average Bonchev–Trinajstić information content (AvgIpc) is 2.36. The Hall–Kier alpha value is 0.220. The summed E-state index contributed by atoms with van der Waals surface area (Å²) in [5.41, 5.74) is 0. The van der Waals surface area contributed by atoms with Gasteiger partial charge in [0, 0.05) is 23.3 Å². The van der Waals surface area contributed by atoms with Gasteiger partial charge in [-0.3, -0.25) is 0 Å². The van der Waals surface area contributed by atoms with Crippen LogP contribution in [0.25, 0.3) is 0 Å². The van der Waals surface area contributed by atoms with Crippen molar-refractivity contribution in [3.05, 3.63) is 0 Å². The Morgan fingerprint density at radius 1 is 1.53 bits per heavy atom. The Morgan fingerprint density at radius 2 is 2.29 bits per heavy atom. The third-order valence-electron chi connectivity index (χ3n) is 3.07. The van der Waals surface area contributed by atoms with Crippen LogP contribution in [0.4, 0.5) is 0 Å². The molecule has 0 aromatic rings. The van der Waals surface area contributed by atoms with Crippen LogP contribution in [0.3, 0.4) is 0 Å². The van der Waals surface area contributed by atoms with E-state index in [1.807, 2.05) is 18.8 Å². The van der Waals surface area contributed by atoms with Crippen LogP contribution >= 0.6 is 11.8 Å². The van der Waals surface area contributed by atoms with Crippen molar-refractivity contribution in [2.24, 2.45) is 0 Å². The molecule has 4 nitrogen and oxygen atoms in total. The molecule has 1 aliphatic heterocycles. The Kier molecular flexibility index (Phi) is 6.84. The van der Waals surface area contributed by atoms with E-state index in [4.69, 9.17) is 4.74 Å². The molecule has 17 heavy (non-hydrogen) atoms. The second-order valence-corrected chi connectivity index (χ2v) is 7.88. The SMILES string of the molecule is CCS(=O)(=O)CCCC(NC)C1CSCCO1. The van der Waals surface area contributed by atoms with Gasteiger partial charge in [-0.2, -0.15) is 11.8 Å². The van der Waals surface area contributed by atoms with Crippen molar-refractivity contribution in [1.29, 1.82) is 0 Å². The van der Waals surface area contributed by atoms with Crippen LogP contribution in [0.1, 0.15) is 19.8 Å². The molecule has 1 heterocycles. The average molecular weight is 281 g/mol. The second kappa shape index (κ2) is 7.61. The van der Waals surface area contributed by atoms with Crippen LogP contribution in [0.2, 0.25) is 0 Å². The zero-order valence-electron chi connectivity index (χ0n) is 10.6. The number of nitrogens with one attached hydrogen (secondary N) is 1. The number of thioether (sulfide) groups is 1. The van der Waals surface area contributed by atoms with Crippen molar-refractivity contribution in [1.82, 2.24) is 5.32 Å². The lowest BCUT2D eigenvalue weighted by Gasteiger charge is -2.30. The largest absolute Gasteiger partial charge is 0.375 e. The molecule has 2 unspecified atom stereocenters. The van der Waals surface area contributed by atoms with Gasteiger partial charge in [-0.05, 0) is 19.9 Å². The lowest BCUT2D eigenvalue weighted by molar-refractivity contribution is 0.0467. The summed E-state index contributed by atoms with van der Waals surface area (Å²) in [6, 6.07) is 0.273. The van der Waals surface area contributed by atoms with Gasteiger partial charge in [0.05, 0.1) is 18.5 Å². The Morgan fingerprint density at radius 3 is 2.82 bits per heavy atom. The van der Waals surface area contributed by atoms with Gasteiger partial charge >= 0.3 is 0 Å². The van der Waals surface area contributed by atoms with E-state index in [9.17, 15) is 8.42 Å². The molecular weight excluding hydrogens is 258 g/mol. The Bertz CT molecular complexity index is 300. The number of sulfone groups is 1. The number of rotatable bonds is 7. The summed E-state index contributed by atoms with van der Waals surface area (Å²) in [5, 5.41) is 3.24. The summed E-state index contributed by atoms with van der Waals surface area (Å²) in [4.78, 5) is 0. The summed E-state index contributed by atoms with van der Waals surface area (Å²) in [7, 11) is -0.910. The summed E-state index contributed by atoms with van der Waals surface area (Å²) in [6.45, 7) is 2.51. The highest BCUT2D eigenvalue weighted by Gasteiger charge is 2.23. The third kappa shape index (κ3) is 5.59.